The second kappa shape index (κ2) is 9.06. The Morgan fingerprint density at radius 1 is 1.27 bits per heavy atom. The zero-order chi connectivity index (χ0) is 21.1. The van der Waals surface area contributed by atoms with Crippen LogP contribution in [-0.4, -0.2) is 54.3 Å². The number of hydrogen-bond donors (Lipinski definition) is 1. The van der Waals surface area contributed by atoms with E-state index in [0.717, 1.165) is 24.5 Å². The molecule has 2 aliphatic heterocycles. The molecule has 1 N–H and O–H groups in total. The average molecular weight is 430 g/mol. The van der Waals surface area contributed by atoms with Crippen molar-refractivity contribution < 1.29 is 18.7 Å². The maximum atomic E-state index is 14.8. The number of carbonyl (C=O) groups excluding carboxylic acids is 2. The lowest BCUT2D eigenvalue weighted by molar-refractivity contribution is -0.119. The van der Waals surface area contributed by atoms with Gasteiger partial charge >= 0.3 is 6.09 Å². The molecule has 2 amide bonds. The van der Waals surface area contributed by atoms with Crippen LogP contribution < -0.4 is 10.2 Å². The summed E-state index contributed by atoms with van der Waals surface area (Å²) in [6.45, 7) is 3.92. The van der Waals surface area contributed by atoms with Gasteiger partial charge in [-0.15, -0.1) is 11.8 Å². The summed E-state index contributed by atoms with van der Waals surface area (Å²) in [7, 11) is 0. The molecule has 0 aliphatic carbocycles. The molecule has 2 aromatic rings. The van der Waals surface area contributed by atoms with Gasteiger partial charge < -0.3 is 10.1 Å². The zero-order valence-electron chi connectivity index (χ0n) is 16.8. The Bertz CT molecular complexity index is 932. The minimum atomic E-state index is -0.540. The molecule has 0 unspecified atom stereocenters. The summed E-state index contributed by atoms with van der Waals surface area (Å²) in [5.74, 6) is 1.65. The van der Waals surface area contributed by atoms with E-state index in [9.17, 15) is 14.0 Å². The third kappa shape index (κ3) is 4.76. The van der Waals surface area contributed by atoms with E-state index in [4.69, 9.17) is 4.74 Å². The lowest BCUT2D eigenvalue weighted by Gasteiger charge is -2.15. The minimum Gasteiger partial charge on any atom is -0.442 e. The summed E-state index contributed by atoms with van der Waals surface area (Å²) in [5.41, 5.74) is 2.94. The number of amides is 2. The molecule has 2 heterocycles. The normalized spacial score (nSPS) is 19.2. The van der Waals surface area contributed by atoms with Crippen LogP contribution in [0.25, 0.3) is 11.1 Å². The van der Waals surface area contributed by atoms with Crippen molar-refractivity contribution in [3.8, 4) is 11.1 Å². The van der Waals surface area contributed by atoms with Gasteiger partial charge in [0.2, 0.25) is 5.91 Å². The molecule has 6 nitrogen and oxygen atoms in total. The van der Waals surface area contributed by atoms with E-state index in [1.165, 1.54) is 29.2 Å². The number of rotatable bonds is 6. The van der Waals surface area contributed by atoms with Crippen LogP contribution in [-0.2, 0) is 16.1 Å². The number of anilines is 1. The molecular formula is C22H24FN3O3S. The number of cyclic esters (lactones) is 1. The van der Waals surface area contributed by atoms with Gasteiger partial charge in [0.1, 0.15) is 11.9 Å². The first-order valence-electron chi connectivity index (χ1n) is 9.91. The monoisotopic (exact) mass is 429 g/mol. The first kappa shape index (κ1) is 20.7. The molecule has 2 aromatic carbocycles. The molecule has 0 radical (unpaired) electrons. The van der Waals surface area contributed by atoms with Crippen molar-refractivity contribution >= 4 is 29.4 Å². The molecule has 0 aromatic heterocycles. The predicted molar refractivity (Wildman–Crippen MR) is 116 cm³/mol. The van der Waals surface area contributed by atoms with Gasteiger partial charge in [-0.2, -0.15) is 0 Å². The summed E-state index contributed by atoms with van der Waals surface area (Å²) in [6.07, 6.45) is -0.993. The minimum absolute atomic E-state index is 0.190. The fourth-order valence-electron chi connectivity index (χ4n) is 3.63. The number of carbonyl (C=O) groups is 2. The molecule has 8 heteroatoms. The Morgan fingerprint density at radius 3 is 2.73 bits per heavy atom. The summed E-state index contributed by atoms with van der Waals surface area (Å²) in [4.78, 5) is 27.0. The van der Waals surface area contributed by atoms with Gasteiger partial charge in [0.15, 0.2) is 0 Å². The van der Waals surface area contributed by atoms with Crippen molar-refractivity contribution in [3.63, 3.8) is 0 Å². The number of nitrogens with zero attached hydrogens (tertiary/aromatic N) is 2. The average Bonchev–Trinajstić information content (AvgIpc) is 3.36. The SMILES string of the molecule is CC(=O)NC[C@H]1CN(c2ccc(-c3ccc(CN4CCSC4)cc3)c(F)c2)C(=O)O1. The first-order chi connectivity index (χ1) is 14.5. The predicted octanol–water partition coefficient (Wildman–Crippen LogP) is 3.46. The highest BCUT2D eigenvalue weighted by Gasteiger charge is 2.32. The molecule has 1 atom stereocenters. The third-order valence-corrected chi connectivity index (χ3v) is 6.23. The van der Waals surface area contributed by atoms with Crippen LogP contribution in [0.1, 0.15) is 12.5 Å². The number of halogens is 1. The van der Waals surface area contributed by atoms with Crippen LogP contribution in [0.5, 0.6) is 0 Å². The van der Waals surface area contributed by atoms with Crippen molar-refractivity contribution in [3.05, 3.63) is 53.8 Å². The molecule has 2 fully saturated rings. The smallest absolute Gasteiger partial charge is 0.414 e. The maximum absolute atomic E-state index is 14.8. The number of thioether (sulfide) groups is 1. The number of ether oxygens (including phenoxy) is 1. The van der Waals surface area contributed by atoms with E-state index >= 15 is 0 Å². The Balaban J connectivity index is 1.44. The highest BCUT2D eigenvalue weighted by Crippen LogP contribution is 2.29. The second-order valence-corrected chi connectivity index (χ2v) is 8.58. The number of hydrogen-bond acceptors (Lipinski definition) is 5. The van der Waals surface area contributed by atoms with Crippen LogP contribution in [0, 0.1) is 5.82 Å². The first-order valence-corrected chi connectivity index (χ1v) is 11.1. The van der Waals surface area contributed by atoms with Crippen molar-refractivity contribution in [2.75, 3.05) is 36.2 Å². The van der Waals surface area contributed by atoms with Gasteiger partial charge in [0, 0.05) is 37.2 Å². The zero-order valence-corrected chi connectivity index (χ0v) is 17.6. The molecule has 2 aliphatic rings. The fraction of sp³-hybridized carbons (Fsp3) is 0.364. The largest absolute Gasteiger partial charge is 0.442 e. The van der Waals surface area contributed by atoms with Gasteiger partial charge in [-0.25, -0.2) is 9.18 Å². The molecule has 2 saturated heterocycles. The number of nitrogens with one attached hydrogen (secondary N) is 1. The van der Waals surface area contributed by atoms with E-state index in [-0.39, 0.29) is 19.0 Å². The van der Waals surface area contributed by atoms with E-state index in [1.54, 1.807) is 12.1 Å². The van der Waals surface area contributed by atoms with Crippen LogP contribution in [0.15, 0.2) is 42.5 Å². The molecular weight excluding hydrogens is 405 g/mol. The van der Waals surface area contributed by atoms with Crippen LogP contribution in [0.3, 0.4) is 0 Å². The topological polar surface area (TPSA) is 61.9 Å². The quantitative estimate of drug-likeness (QED) is 0.762. The van der Waals surface area contributed by atoms with Crippen molar-refractivity contribution in [1.82, 2.24) is 10.2 Å². The molecule has 0 spiro atoms. The lowest BCUT2D eigenvalue weighted by atomic mass is 10.0. The molecule has 0 bridgehead atoms. The standard InChI is InChI=1S/C22H24FN3O3S/c1-15(27)24-11-19-13-26(22(28)29-19)18-6-7-20(21(23)10-18)17-4-2-16(3-5-17)12-25-8-9-30-14-25/h2-7,10,19H,8-9,11-14H2,1H3,(H,24,27)/t19-/m0/s1. The second-order valence-electron chi connectivity index (χ2n) is 7.50. The highest BCUT2D eigenvalue weighted by atomic mass is 32.2. The van der Waals surface area contributed by atoms with Gasteiger partial charge in [0.25, 0.3) is 0 Å². The molecule has 4 rings (SSSR count). The Labute approximate surface area is 179 Å². The van der Waals surface area contributed by atoms with Gasteiger partial charge in [0.05, 0.1) is 18.8 Å². The van der Waals surface area contributed by atoms with Gasteiger partial charge in [-0.3, -0.25) is 14.6 Å². The van der Waals surface area contributed by atoms with E-state index in [1.807, 2.05) is 36.0 Å². The van der Waals surface area contributed by atoms with Gasteiger partial charge in [-0.1, -0.05) is 24.3 Å². The third-order valence-electron chi connectivity index (χ3n) is 5.21. The Kier molecular flexibility index (Phi) is 6.24. The molecule has 30 heavy (non-hydrogen) atoms. The summed E-state index contributed by atoms with van der Waals surface area (Å²) in [5, 5.41) is 2.63. The highest BCUT2D eigenvalue weighted by molar-refractivity contribution is 7.99. The van der Waals surface area contributed by atoms with E-state index in [2.05, 4.69) is 10.2 Å². The summed E-state index contributed by atoms with van der Waals surface area (Å²) >= 11 is 1.94. The van der Waals surface area contributed by atoms with Crippen LogP contribution in [0.2, 0.25) is 0 Å². The fourth-order valence-corrected chi connectivity index (χ4v) is 4.62. The maximum Gasteiger partial charge on any atom is 0.414 e. The van der Waals surface area contributed by atoms with E-state index < -0.39 is 18.0 Å². The van der Waals surface area contributed by atoms with Gasteiger partial charge in [-0.05, 0) is 29.3 Å². The Hall–Kier alpha value is -2.58. The van der Waals surface area contributed by atoms with E-state index in [0.29, 0.717) is 11.3 Å². The summed E-state index contributed by atoms with van der Waals surface area (Å²) in [6, 6.07) is 12.7. The van der Waals surface area contributed by atoms with Crippen molar-refractivity contribution in [1.29, 1.82) is 0 Å². The van der Waals surface area contributed by atoms with Crippen molar-refractivity contribution in [2.24, 2.45) is 0 Å². The van der Waals surface area contributed by atoms with Crippen molar-refractivity contribution in [2.45, 2.75) is 19.6 Å². The molecule has 158 valence electrons. The summed E-state index contributed by atoms with van der Waals surface area (Å²) < 4.78 is 20.1. The lowest BCUT2D eigenvalue weighted by Crippen LogP contribution is -2.33. The Morgan fingerprint density at radius 2 is 2.07 bits per heavy atom. The van der Waals surface area contributed by atoms with Crippen LogP contribution in [0.4, 0.5) is 14.9 Å². The molecule has 0 saturated carbocycles. The number of benzene rings is 2. The van der Waals surface area contributed by atoms with Crippen LogP contribution >= 0.6 is 11.8 Å².